The smallest absolute Gasteiger partial charge is 0.433 e. The number of hydrogen-bond acceptors (Lipinski definition) is 7. The molecule has 0 aromatic carbocycles. The fourth-order valence-electron chi connectivity index (χ4n) is 2.53. The zero-order valence-corrected chi connectivity index (χ0v) is 12.3. The van der Waals surface area contributed by atoms with Crippen molar-refractivity contribution >= 4 is 18.2 Å². The third-order valence-corrected chi connectivity index (χ3v) is 3.69. The summed E-state index contributed by atoms with van der Waals surface area (Å²) < 4.78 is 15.5. The van der Waals surface area contributed by atoms with Gasteiger partial charge in [0.25, 0.3) is 0 Å². The number of nitrogens with one attached hydrogen (secondary N) is 1. The molecule has 0 aliphatic carbocycles. The van der Waals surface area contributed by atoms with E-state index in [-0.39, 0.29) is 17.7 Å². The number of amides is 1. The molecule has 2 saturated heterocycles. The minimum atomic E-state index is -0.636. The standard InChI is InChI=1S/C13H16N4O6/c18-13-16(14-7-10-1-2-12(22-10)17(19)20)9-11(23-13)8-15-3-5-21-6-4-15/h1-2,7,11H,3-6,8-9H2/p+1/b14-7-/t11-/m0/s1. The molecule has 1 aromatic rings. The average molecular weight is 325 g/mol. The van der Waals surface area contributed by atoms with Crippen LogP contribution in [0.25, 0.3) is 0 Å². The number of ether oxygens (including phenoxy) is 2. The number of hydrogen-bond donors (Lipinski definition) is 1. The Hall–Kier alpha value is -2.46. The number of hydrazone groups is 1. The van der Waals surface area contributed by atoms with E-state index in [2.05, 4.69) is 5.10 Å². The van der Waals surface area contributed by atoms with E-state index in [0.29, 0.717) is 13.1 Å². The lowest BCUT2D eigenvalue weighted by molar-refractivity contribution is -0.910. The Labute approximate surface area is 131 Å². The second-order valence-corrected chi connectivity index (χ2v) is 5.33. The number of nitrogens with zero attached hydrogens (tertiary/aromatic N) is 3. The Balaban J connectivity index is 1.54. The number of cyclic esters (lactones) is 1. The summed E-state index contributed by atoms with van der Waals surface area (Å²) in [5, 5.41) is 15.7. The maximum atomic E-state index is 11.8. The molecule has 1 atom stereocenters. The Morgan fingerprint density at radius 1 is 1.43 bits per heavy atom. The molecule has 1 N–H and O–H groups in total. The van der Waals surface area contributed by atoms with Crippen molar-refractivity contribution in [2.75, 3.05) is 39.4 Å². The summed E-state index contributed by atoms with van der Waals surface area (Å²) in [6.07, 6.45) is 0.511. The number of furan rings is 1. The van der Waals surface area contributed by atoms with Gasteiger partial charge in [0.15, 0.2) is 11.9 Å². The van der Waals surface area contributed by atoms with E-state index in [1.54, 1.807) is 0 Å². The summed E-state index contributed by atoms with van der Waals surface area (Å²) in [5.74, 6) is -0.170. The first-order valence-electron chi connectivity index (χ1n) is 7.29. The quantitative estimate of drug-likeness (QED) is 0.433. The van der Waals surface area contributed by atoms with Gasteiger partial charge in [-0.2, -0.15) is 10.1 Å². The summed E-state index contributed by atoms with van der Waals surface area (Å²) in [5.41, 5.74) is 0. The lowest BCUT2D eigenvalue weighted by Crippen LogP contribution is -3.15. The molecule has 2 aliphatic heterocycles. The minimum absolute atomic E-state index is 0.201. The largest absolute Gasteiger partial charge is 0.437 e. The molecule has 10 heteroatoms. The number of carbonyl (C=O) groups excluding carboxylic acids is 1. The van der Waals surface area contributed by atoms with Gasteiger partial charge in [0.1, 0.15) is 24.6 Å². The van der Waals surface area contributed by atoms with E-state index >= 15 is 0 Å². The third kappa shape index (κ3) is 3.85. The Morgan fingerprint density at radius 2 is 2.22 bits per heavy atom. The number of quaternary nitrogens is 1. The van der Waals surface area contributed by atoms with Crippen LogP contribution in [-0.2, 0) is 9.47 Å². The summed E-state index contributed by atoms with van der Waals surface area (Å²) in [7, 11) is 0. The summed E-state index contributed by atoms with van der Waals surface area (Å²) in [6.45, 7) is 4.29. The molecule has 0 spiro atoms. The lowest BCUT2D eigenvalue weighted by Gasteiger charge is -2.25. The van der Waals surface area contributed by atoms with Gasteiger partial charge in [-0.15, -0.1) is 0 Å². The highest BCUT2D eigenvalue weighted by Gasteiger charge is 2.34. The van der Waals surface area contributed by atoms with Gasteiger partial charge < -0.3 is 18.8 Å². The molecule has 3 rings (SSSR count). The molecule has 3 heterocycles. The average Bonchev–Trinajstić information content (AvgIpc) is 3.13. The molecule has 1 amide bonds. The van der Waals surface area contributed by atoms with Gasteiger partial charge in [0, 0.05) is 0 Å². The summed E-state index contributed by atoms with van der Waals surface area (Å²) >= 11 is 0. The second-order valence-electron chi connectivity index (χ2n) is 5.33. The first kappa shape index (κ1) is 15.4. The topological polar surface area (TPSA) is 112 Å². The van der Waals surface area contributed by atoms with Crippen LogP contribution in [0.5, 0.6) is 0 Å². The lowest BCUT2D eigenvalue weighted by atomic mass is 10.3. The van der Waals surface area contributed by atoms with Crippen LogP contribution in [0.1, 0.15) is 5.76 Å². The Kier molecular flexibility index (Phi) is 4.53. The van der Waals surface area contributed by atoms with Crippen molar-refractivity contribution in [3.05, 3.63) is 28.0 Å². The van der Waals surface area contributed by atoms with Crippen molar-refractivity contribution in [3.8, 4) is 0 Å². The van der Waals surface area contributed by atoms with E-state index < -0.39 is 11.0 Å². The molecule has 2 fully saturated rings. The summed E-state index contributed by atoms with van der Waals surface area (Å²) in [6, 6.07) is 2.65. The number of nitro groups is 1. The van der Waals surface area contributed by atoms with Crippen molar-refractivity contribution in [2.45, 2.75) is 6.10 Å². The van der Waals surface area contributed by atoms with Crippen LogP contribution >= 0.6 is 0 Å². The van der Waals surface area contributed by atoms with E-state index in [9.17, 15) is 14.9 Å². The molecule has 124 valence electrons. The SMILES string of the molecule is O=C1O[C@@H](C[NH+]2CCOCC2)CN1/N=C\c1ccc([N+](=O)[O-])o1. The molecule has 0 bridgehead atoms. The zero-order valence-electron chi connectivity index (χ0n) is 12.3. The number of carbonyl (C=O) groups is 1. The van der Waals surface area contributed by atoms with E-state index in [1.165, 1.54) is 28.3 Å². The minimum Gasteiger partial charge on any atom is -0.437 e. The van der Waals surface area contributed by atoms with Gasteiger partial charge in [-0.25, -0.2) is 4.79 Å². The van der Waals surface area contributed by atoms with Crippen LogP contribution in [0.15, 0.2) is 21.7 Å². The van der Waals surface area contributed by atoms with Crippen LogP contribution < -0.4 is 4.90 Å². The van der Waals surface area contributed by atoms with Crippen LogP contribution in [0.2, 0.25) is 0 Å². The fraction of sp³-hybridized carbons (Fsp3) is 0.538. The monoisotopic (exact) mass is 325 g/mol. The molecule has 23 heavy (non-hydrogen) atoms. The Morgan fingerprint density at radius 3 is 2.91 bits per heavy atom. The van der Waals surface area contributed by atoms with E-state index in [1.807, 2.05) is 0 Å². The molecule has 0 unspecified atom stereocenters. The van der Waals surface area contributed by atoms with Gasteiger partial charge in [0.05, 0.1) is 32.0 Å². The highest BCUT2D eigenvalue weighted by molar-refractivity contribution is 5.78. The van der Waals surface area contributed by atoms with Gasteiger partial charge in [-0.1, -0.05) is 0 Å². The van der Waals surface area contributed by atoms with Gasteiger partial charge >= 0.3 is 12.0 Å². The van der Waals surface area contributed by atoms with E-state index in [0.717, 1.165) is 26.3 Å². The molecular formula is C13H17N4O6+. The van der Waals surface area contributed by atoms with Crippen LogP contribution in [0, 0.1) is 10.1 Å². The molecular weight excluding hydrogens is 308 g/mol. The first-order valence-corrected chi connectivity index (χ1v) is 7.29. The normalized spacial score (nSPS) is 22.7. The molecule has 2 aliphatic rings. The maximum absolute atomic E-state index is 11.8. The second kappa shape index (κ2) is 6.75. The molecule has 10 nitrogen and oxygen atoms in total. The predicted molar refractivity (Wildman–Crippen MR) is 76.3 cm³/mol. The zero-order chi connectivity index (χ0) is 16.2. The first-order chi connectivity index (χ1) is 11.1. The Bertz CT molecular complexity index is 609. The van der Waals surface area contributed by atoms with Gasteiger partial charge in [-0.3, -0.25) is 10.1 Å². The van der Waals surface area contributed by atoms with Gasteiger partial charge in [0.2, 0.25) is 0 Å². The molecule has 0 radical (unpaired) electrons. The van der Waals surface area contributed by atoms with Gasteiger partial charge in [-0.05, 0) is 6.07 Å². The van der Waals surface area contributed by atoms with Crippen molar-refractivity contribution in [2.24, 2.45) is 5.10 Å². The van der Waals surface area contributed by atoms with E-state index in [4.69, 9.17) is 13.9 Å². The van der Waals surface area contributed by atoms with Crippen molar-refractivity contribution in [3.63, 3.8) is 0 Å². The van der Waals surface area contributed by atoms with Crippen LogP contribution in [0.4, 0.5) is 10.7 Å². The van der Waals surface area contributed by atoms with Crippen LogP contribution in [-0.4, -0.2) is 67.7 Å². The fourth-order valence-corrected chi connectivity index (χ4v) is 2.53. The predicted octanol–water partition coefficient (Wildman–Crippen LogP) is -0.742. The van der Waals surface area contributed by atoms with Crippen LogP contribution in [0.3, 0.4) is 0 Å². The molecule has 0 saturated carbocycles. The maximum Gasteiger partial charge on any atom is 0.433 e. The van der Waals surface area contributed by atoms with Crippen molar-refractivity contribution < 1.29 is 28.5 Å². The van der Waals surface area contributed by atoms with Crippen molar-refractivity contribution in [1.29, 1.82) is 0 Å². The van der Waals surface area contributed by atoms with Crippen molar-refractivity contribution in [1.82, 2.24) is 5.01 Å². The summed E-state index contributed by atoms with van der Waals surface area (Å²) in [4.78, 5) is 23.0. The molecule has 1 aromatic heterocycles. The highest BCUT2D eigenvalue weighted by Crippen LogP contribution is 2.15. The number of rotatable bonds is 5. The number of morpholine rings is 1. The highest BCUT2D eigenvalue weighted by atomic mass is 16.6. The third-order valence-electron chi connectivity index (χ3n) is 3.69.